The third-order valence-electron chi connectivity index (χ3n) is 4.19. The molecule has 3 heterocycles. The number of hydrogen-bond donors (Lipinski definition) is 0. The molecule has 0 amide bonds. The molecule has 108 valence electrons. The Morgan fingerprint density at radius 2 is 1.61 bits per heavy atom. The molecule has 3 heteroatoms. The molecule has 0 saturated carbocycles. The van der Waals surface area contributed by atoms with Gasteiger partial charge in [0.1, 0.15) is 11.2 Å². The zero-order chi connectivity index (χ0) is 15.2. The Hall–Kier alpha value is -3.20. The first-order valence-corrected chi connectivity index (χ1v) is 7.50. The van der Waals surface area contributed by atoms with Crippen molar-refractivity contribution in [3.05, 3.63) is 73.2 Å². The minimum Gasteiger partial charge on any atom is -0.455 e. The van der Waals surface area contributed by atoms with Gasteiger partial charge >= 0.3 is 0 Å². The highest BCUT2D eigenvalue weighted by atomic mass is 16.3. The van der Waals surface area contributed by atoms with Crippen molar-refractivity contribution in [1.29, 1.82) is 0 Å². The lowest BCUT2D eigenvalue weighted by Crippen LogP contribution is -1.84. The number of rotatable bonds is 1. The molecule has 0 aliphatic rings. The second-order valence-corrected chi connectivity index (χ2v) is 5.58. The Balaban J connectivity index is 1.91. The van der Waals surface area contributed by atoms with Crippen molar-refractivity contribution >= 4 is 32.7 Å². The monoisotopic (exact) mass is 296 g/mol. The average Bonchev–Trinajstić information content (AvgIpc) is 2.98. The average molecular weight is 296 g/mol. The van der Waals surface area contributed by atoms with Gasteiger partial charge in [-0.15, -0.1) is 0 Å². The molecular formula is C20H12N2O. The van der Waals surface area contributed by atoms with Gasteiger partial charge in [0, 0.05) is 29.4 Å². The maximum Gasteiger partial charge on any atom is 0.147 e. The normalized spacial score (nSPS) is 11.5. The number of hydrogen-bond acceptors (Lipinski definition) is 3. The molecule has 0 N–H and O–H groups in total. The van der Waals surface area contributed by atoms with Crippen LogP contribution in [0.3, 0.4) is 0 Å². The number of furan rings is 1. The van der Waals surface area contributed by atoms with E-state index in [9.17, 15) is 0 Å². The van der Waals surface area contributed by atoms with Crippen LogP contribution in [0.5, 0.6) is 0 Å². The summed E-state index contributed by atoms with van der Waals surface area (Å²) >= 11 is 0. The fraction of sp³-hybridized carbons (Fsp3) is 0. The SMILES string of the molecule is c1ccc(-c2cncc3c2oc2cc4ccccc4cc23)nc1. The lowest BCUT2D eigenvalue weighted by molar-refractivity contribution is 0.670. The van der Waals surface area contributed by atoms with E-state index in [1.807, 2.05) is 42.7 Å². The van der Waals surface area contributed by atoms with Crippen LogP contribution in [0.25, 0.3) is 44.0 Å². The molecule has 5 aromatic rings. The van der Waals surface area contributed by atoms with Gasteiger partial charge < -0.3 is 4.42 Å². The van der Waals surface area contributed by atoms with Gasteiger partial charge in [-0.3, -0.25) is 9.97 Å². The van der Waals surface area contributed by atoms with Crippen molar-refractivity contribution in [3.8, 4) is 11.3 Å². The van der Waals surface area contributed by atoms with Crippen LogP contribution in [0.4, 0.5) is 0 Å². The number of fused-ring (bicyclic) bond motifs is 4. The Morgan fingerprint density at radius 3 is 2.43 bits per heavy atom. The summed E-state index contributed by atoms with van der Waals surface area (Å²) in [6, 6.07) is 18.4. The van der Waals surface area contributed by atoms with Gasteiger partial charge in [0.15, 0.2) is 0 Å². The molecule has 0 saturated heterocycles. The van der Waals surface area contributed by atoms with E-state index >= 15 is 0 Å². The molecule has 3 aromatic heterocycles. The minimum atomic E-state index is 0.837. The fourth-order valence-corrected chi connectivity index (χ4v) is 3.08. The predicted molar refractivity (Wildman–Crippen MR) is 92.3 cm³/mol. The molecule has 5 rings (SSSR count). The van der Waals surface area contributed by atoms with Gasteiger partial charge in [-0.2, -0.15) is 0 Å². The van der Waals surface area contributed by atoms with Gasteiger partial charge in [-0.25, -0.2) is 0 Å². The van der Waals surface area contributed by atoms with E-state index in [1.54, 1.807) is 6.20 Å². The third kappa shape index (κ3) is 1.83. The molecule has 0 radical (unpaired) electrons. The largest absolute Gasteiger partial charge is 0.455 e. The van der Waals surface area contributed by atoms with Crippen molar-refractivity contribution < 1.29 is 4.42 Å². The fourth-order valence-electron chi connectivity index (χ4n) is 3.08. The van der Waals surface area contributed by atoms with E-state index in [2.05, 4.69) is 34.2 Å². The molecule has 23 heavy (non-hydrogen) atoms. The molecule has 0 atom stereocenters. The van der Waals surface area contributed by atoms with Crippen molar-refractivity contribution in [3.63, 3.8) is 0 Å². The molecule has 0 fully saturated rings. The first-order chi connectivity index (χ1) is 11.4. The molecule has 0 aliphatic carbocycles. The zero-order valence-electron chi connectivity index (χ0n) is 12.2. The van der Waals surface area contributed by atoms with E-state index in [0.29, 0.717) is 0 Å². The van der Waals surface area contributed by atoms with E-state index in [0.717, 1.165) is 33.2 Å². The number of nitrogens with zero attached hydrogens (tertiary/aromatic N) is 2. The summed E-state index contributed by atoms with van der Waals surface area (Å²) in [6.45, 7) is 0. The maximum atomic E-state index is 6.17. The molecule has 2 aromatic carbocycles. The Morgan fingerprint density at radius 1 is 0.783 bits per heavy atom. The second-order valence-electron chi connectivity index (χ2n) is 5.58. The van der Waals surface area contributed by atoms with E-state index in [-0.39, 0.29) is 0 Å². The quantitative estimate of drug-likeness (QED) is 0.427. The Labute approximate surface area is 132 Å². The standard InChI is InChI=1S/C20H12N2O/c1-2-6-14-10-19-15(9-13(14)5-1)16-11-21-12-17(20(16)23-19)18-7-3-4-8-22-18/h1-12H. The van der Waals surface area contributed by atoms with Crippen LogP contribution in [-0.2, 0) is 0 Å². The maximum absolute atomic E-state index is 6.17. The van der Waals surface area contributed by atoms with Crippen LogP contribution >= 0.6 is 0 Å². The summed E-state index contributed by atoms with van der Waals surface area (Å²) in [5.41, 5.74) is 3.51. The second kappa shape index (κ2) is 4.65. The van der Waals surface area contributed by atoms with Gasteiger partial charge in [0.25, 0.3) is 0 Å². The van der Waals surface area contributed by atoms with Gasteiger partial charge in [-0.1, -0.05) is 30.3 Å². The lowest BCUT2D eigenvalue weighted by Gasteiger charge is -2.00. The summed E-state index contributed by atoms with van der Waals surface area (Å²) in [5, 5.41) is 4.48. The molecule has 0 unspecified atom stereocenters. The first-order valence-electron chi connectivity index (χ1n) is 7.50. The summed E-state index contributed by atoms with van der Waals surface area (Å²) in [4.78, 5) is 8.82. The first kappa shape index (κ1) is 12.4. The van der Waals surface area contributed by atoms with Gasteiger partial charge in [0.05, 0.1) is 11.3 Å². The predicted octanol–water partition coefficient (Wildman–Crippen LogP) is 5.20. The Bertz CT molecular complexity index is 1160. The van der Waals surface area contributed by atoms with Gasteiger partial charge in [0.2, 0.25) is 0 Å². The highest BCUT2D eigenvalue weighted by molar-refractivity contribution is 6.12. The van der Waals surface area contributed by atoms with Crippen molar-refractivity contribution in [2.75, 3.05) is 0 Å². The van der Waals surface area contributed by atoms with Crippen LogP contribution in [-0.4, -0.2) is 9.97 Å². The van der Waals surface area contributed by atoms with Crippen LogP contribution in [0.15, 0.2) is 77.6 Å². The smallest absolute Gasteiger partial charge is 0.147 e. The lowest BCUT2D eigenvalue weighted by atomic mass is 10.1. The van der Waals surface area contributed by atoms with Crippen LogP contribution in [0.1, 0.15) is 0 Å². The van der Waals surface area contributed by atoms with Crippen molar-refractivity contribution in [2.45, 2.75) is 0 Å². The van der Waals surface area contributed by atoms with E-state index < -0.39 is 0 Å². The minimum absolute atomic E-state index is 0.837. The summed E-state index contributed by atoms with van der Waals surface area (Å²) in [5.74, 6) is 0. The van der Waals surface area contributed by atoms with Crippen LogP contribution in [0, 0.1) is 0 Å². The van der Waals surface area contributed by atoms with Crippen molar-refractivity contribution in [2.24, 2.45) is 0 Å². The van der Waals surface area contributed by atoms with E-state index in [4.69, 9.17) is 4.42 Å². The molecular weight excluding hydrogens is 284 g/mol. The number of pyridine rings is 2. The molecule has 0 aliphatic heterocycles. The summed E-state index contributed by atoms with van der Waals surface area (Å²) in [6.07, 6.45) is 5.46. The number of aromatic nitrogens is 2. The molecule has 3 nitrogen and oxygen atoms in total. The summed E-state index contributed by atoms with van der Waals surface area (Å²) in [7, 11) is 0. The molecule has 0 bridgehead atoms. The van der Waals surface area contributed by atoms with Crippen LogP contribution in [0.2, 0.25) is 0 Å². The van der Waals surface area contributed by atoms with Crippen LogP contribution < -0.4 is 0 Å². The topological polar surface area (TPSA) is 38.9 Å². The summed E-state index contributed by atoms with van der Waals surface area (Å²) < 4.78 is 6.17. The van der Waals surface area contributed by atoms with Gasteiger partial charge in [-0.05, 0) is 35.0 Å². The third-order valence-corrected chi connectivity index (χ3v) is 4.19. The van der Waals surface area contributed by atoms with Crippen molar-refractivity contribution in [1.82, 2.24) is 9.97 Å². The Kier molecular flexibility index (Phi) is 2.50. The zero-order valence-corrected chi connectivity index (χ0v) is 12.2. The molecule has 0 spiro atoms. The van der Waals surface area contributed by atoms with E-state index in [1.165, 1.54) is 10.8 Å². The number of benzene rings is 2. The highest BCUT2D eigenvalue weighted by Crippen LogP contribution is 2.36. The highest BCUT2D eigenvalue weighted by Gasteiger charge is 2.13.